The van der Waals surface area contributed by atoms with Crippen LogP contribution in [0.15, 0.2) is 36.4 Å². The van der Waals surface area contributed by atoms with Gasteiger partial charge in [0.25, 0.3) is 5.91 Å². The summed E-state index contributed by atoms with van der Waals surface area (Å²) in [5.74, 6) is 0.146. The maximum Gasteiger partial charge on any atom is 0.314 e. The highest BCUT2D eigenvalue weighted by atomic mass is 32.2. The molecule has 2 atom stereocenters. The van der Waals surface area contributed by atoms with Gasteiger partial charge in [-0.1, -0.05) is 25.3 Å². The van der Waals surface area contributed by atoms with Crippen molar-refractivity contribution in [3.05, 3.63) is 53.1 Å². The number of carbonyl (C=O) groups excluding carboxylic acids is 2. The number of rotatable bonds is 6. The summed E-state index contributed by atoms with van der Waals surface area (Å²) in [7, 11) is 1.86. The first-order valence-corrected chi connectivity index (χ1v) is 15.2. The van der Waals surface area contributed by atoms with E-state index in [2.05, 4.69) is 15.4 Å². The summed E-state index contributed by atoms with van der Waals surface area (Å²) in [6.07, 6.45) is 6.35. The number of amides is 1. The van der Waals surface area contributed by atoms with Crippen molar-refractivity contribution >= 4 is 33.0 Å². The third-order valence-electron chi connectivity index (χ3n) is 9.08. The third-order valence-corrected chi connectivity index (χ3v) is 10.5. The number of aromatic nitrogens is 1. The molecule has 9 nitrogen and oxygen atoms in total. The Hall–Kier alpha value is -3.37. The van der Waals surface area contributed by atoms with E-state index in [-0.39, 0.29) is 17.5 Å². The molecule has 2 aromatic carbocycles. The average molecular weight is 566 g/mol. The van der Waals surface area contributed by atoms with Gasteiger partial charge in [0.2, 0.25) is 0 Å². The minimum atomic E-state index is -3.95. The van der Waals surface area contributed by atoms with Gasteiger partial charge in [-0.15, -0.1) is 0 Å². The molecule has 0 spiro atoms. The molecule has 0 saturated heterocycles. The maximum atomic E-state index is 13.3. The van der Waals surface area contributed by atoms with E-state index in [4.69, 9.17) is 9.47 Å². The van der Waals surface area contributed by atoms with E-state index in [1.54, 1.807) is 19.2 Å². The Morgan fingerprint density at radius 3 is 2.48 bits per heavy atom. The zero-order chi connectivity index (χ0) is 28.4. The number of hydrogen-bond donors (Lipinski definition) is 1. The Morgan fingerprint density at radius 1 is 1.05 bits per heavy atom. The smallest absolute Gasteiger partial charge is 0.314 e. The Labute approximate surface area is 234 Å². The minimum absolute atomic E-state index is 0.00378. The van der Waals surface area contributed by atoms with Crippen LogP contribution in [0.2, 0.25) is 0 Å². The molecule has 1 aromatic heterocycles. The van der Waals surface area contributed by atoms with Crippen LogP contribution in [0, 0.1) is 5.41 Å². The van der Waals surface area contributed by atoms with Crippen LogP contribution in [0.1, 0.15) is 71.8 Å². The summed E-state index contributed by atoms with van der Waals surface area (Å²) in [6, 6.07) is 11.5. The second-order valence-electron chi connectivity index (χ2n) is 11.5. The van der Waals surface area contributed by atoms with Crippen molar-refractivity contribution in [2.45, 2.75) is 56.9 Å². The monoisotopic (exact) mass is 565 g/mol. The van der Waals surface area contributed by atoms with Crippen LogP contribution in [-0.2, 0) is 26.3 Å². The van der Waals surface area contributed by atoms with Gasteiger partial charge in [0.05, 0.1) is 25.3 Å². The number of esters is 1. The standard InChI is InChI=1S/C30H35N3O6S/c1-32(2)40(36,37)31-28(34)19-10-12-22-25(14-19)33-17-30(29(35)39-4)16-24(30)23-15-20(38-3)11-13-21(23)27(33)26(22)18-8-6-5-7-9-18/h10-15,18,24H,5-9,16-17H2,1-4H3,(H,31,34). The van der Waals surface area contributed by atoms with Crippen LogP contribution in [0.3, 0.4) is 0 Å². The van der Waals surface area contributed by atoms with E-state index >= 15 is 0 Å². The van der Waals surface area contributed by atoms with Gasteiger partial charge >= 0.3 is 16.2 Å². The zero-order valence-corrected chi connectivity index (χ0v) is 24.1. The summed E-state index contributed by atoms with van der Waals surface area (Å²) >= 11 is 0. The van der Waals surface area contributed by atoms with E-state index in [1.807, 2.05) is 18.2 Å². The van der Waals surface area contributed by atoms with E-state index in [0.29, 0.717) is 18.9 Å². The molecule has 1 amide bonds. The lowest BCUT2D eigenvalue weighted by atomic mass is 9.81. The fourth-order valence-corrected chi connectivity index (χ4v) is 7.41. The first-order valence-electron chi connectivity index (χ1n) is 13.8. The molecule has 2 fully saturated rings. The summed E-state index contributed by atoms with van der Waals surface area (Å²) < 4.78 is 41.0. The van der Waals surface area contributed by atoms with Gasteiger partial charge in [0.1, 0.15) is 5.75 Å². The number of carbonyl (C=O) groups is 2. The number of ether oxygens (including phenoxy) is 2. The van der Waals surface area contributed by atoms with Gasteiger partial charge in [-0.3, -0.25) is 9.59 Å². The average Bonchev–Trinajstić information content (AvgIpc) is 3.62. The third kappa shape index (κ3) is 4.11. The summed E-state index contributed by atoms with van der Waals surface area (Å²) in [4.78, 5) is 26.4. The number of methoxy groups -OCH3 is 2. The molecular weight excluding hydrogens is 530 g/mol. The van der Waals surface area contributed by atoms with E-state index < -0.39 is 21.5 Å². The van der Waals surface area contributed by atoms with Gasteiger partial charge < -0.3 is 14.0 Å². The number of nitrogens with one attached hydrogen (secondary N) is 1. The quantitative estimate of drug-likeness (QED) is 0.439. The molecule has 10 heteroatoms. The zero-order valence-electron chi connectivity index (χ0n) is 23.3. The van der Waals surface area contributed by atoms with Crippen LogP contribution in [0.5, 0.6) is 5.75 Å². The lowest BCUT2D eigenvalue weighted by Crippen LogP contribution is -2.39. The molecule has 3 aliphatic rings. The molecule has 212 valence electrons. The number of fused-ring (bicyclic) bond motifs is 7. The lowest BCUT2D eigenvalue weighted by molar-refractivity contribution is -0.147. The predicted molar refractivity (Wildman–Crippen MR) is 152 cm³/mol. The van der Waals surface area contributed by atoms with E-state index in [1.165, 1.54) is 33.2 Å². The van der Waals surface area contributed by atoms with Crippen molar-refractivity contribution in [2.24, 2.45) is 5.41 Å². The van der Waals surface area contributed by atoms with E-state index in [9.17, 15) is 18.0 Å². The molecule has 1 N–H and O–H groups in total. The van der Waals surface area contributed by atoms with Crippen molar-refractivity contribution in [1.29, 1.82) is 0 Å². The number of nitrogens with zero attached hydrogens (tertiary/aromatic N) is 2. The van der Waals surface area contributed by atoms with Gasteiger partial charge in [0, 0.05) is 48.6 Å². The molecular formula is C30H35N3O6S. The normalized spacial score (nSPS) is 22.2. The van der Waals surface area contributed by atoms with Gasteiger partial charge in [0.15, 0.2) is 0 Å². The van der Waals surface area contributed by atoms with Crippen LogP contribution in [0.25, 0.3) is 22.2 Å². The molecule has 2 saturated carbocycles. The molecule has 1 aliphatic heterocycles. The Morgan fingerprint density at radius 2 is 1.80 bits per heavy atom. The fourth-order valence-electron chi connectivity index (χ4n) is 6.88. The SMILES string of the molecule is COC(=O)C12CC1c1cc(OC)ccc1-c1c(C3CCCCC3)c3ccc(C(=O)NS(=O)(=O)N(C)C)cc3n1C2. The molecule has 2 unspecified atom stereocenters. The number of hydrogen-bond acceptors (Lipinski definition) is 6. The summed E-state index contributed by atoms with van der Waals surface area (Å²) in [5, 5.41) is 1.04. The van der Waals surface area contributed by atoms with Gasteiger partial charge in [-0.25, -0.2) is 4.72 Å². The van der Waals surface area contributed by atoms with Crippen molar-refractivity contribution in [1.82, 2.24) is 13.6 Å². The first kappa shape index (κ1) is 26.8. The molecule has 6 rings (SSSR count). The van der Waals surface area contributed by atoms with Crippen molar-refractivity contribution in [2.75, 3.05) is 28.3 Å². The van der Waals surface area contributed by atoms with Crippen molar-refractivity contribution in [3.8, 4) is 17.0 Å². The highest BCUT2D eigenvalue weighted by Gasteiger charge is 2.63. The number of benzene rings is 2. The second kappa shape index (κ2) is 9.62. The van der Waals surface area contributed by atoms with Crippen LogP contribution in [-0.4, -0.2) is 57.5 Å². The molecule has 2 heterocycles. The van der Waals surface area contributed by atoms with Crippen molar-refractivity contribution in [3.63, 3.8) is 0 Å². The Balaban J connectivity index is 1.60. The Kier molecular flexibility index (Phi) is 6.46. The molecule has 0 bridgehead atoms. The van der Waals surface area contributed by atoms with Gasteiger partial charge in [-0.05, 0) is 66.6 Å². The molecule has 2 aliphatic carbocycles. The maximum absolute atomic E-state index is 13.3. The van der Waals surface area contributed by atoms with Crippen LogP contribution in [0.4, 0.5) is 0 Å². The van der Waals surface area contributed by atoms with Crippen molar-refractivity contribution < 1.29 is 27.5 Å². The highest BCUT2D eigenvalue weighted by Crippen LogP contribution is 2.66. The summed E-state index contributed by atoms with van der Waals surface area (Å²) in [5.41, 5.74) is 4.83. The predicted octanol–water partition coefficient (Wildman–Crippen LogP) is 4.56. The second-order valence-corrected chi connectivity index (χ2v) is 13.4. The molecule has 3 aromatic rings. The van der Waals surface area contributed by atoms with Gasteiger partial charge in [-0.2, -0.15) is 12.7 Å². The topological polar surface area (TPSA) is 107 Å². The first-order chi connectivity index (χ1) is 19.1. The summed E-state index contributed by atoms with van der Waals surface area (Å²) in [6.45, 7) is 0.418. The minimum Gasteiger partial charge on any atom is -0.497 e. The van der Waals surface area contributed by atoms with E-state index in [0.717, 1.165) is 63.5 Å². The lowest BCUT2D eigenvalue weighted by Gasteiger charge is -2.24. The highest BCUT2D eigenvalue weighted by molar-refractivity contribution is 7.87. The fraction of sp³-hybridized carbons (Fsp3) is 0.467. The van der Waals surface area contributed by atoms with Crippen LogP contribution >= 0.6 is 0 Å². The Bertz CT molecular complexity index is 1640. The van der Waals surface area contributed by atoms with Crippen LogP contribution < -0.4 is 9.46 Å². The molecule has 0 radical (unpaired) electrons. The largest absolute Gasteiger partial charge is 0.497 e. The molecule has 40 heavy (non-hydrogen) atoms.